The van der Waals surface area contributed by atoms with Crippen LogP contribution in [-0.4, -0.2) is 37.4 Å². The highest BCUT2D eigenvalue weighted by molar-refractivity contribution is 6.00. The zero-order valence-electron chi connectivity index (χ0n) is 14.8. The van der Waals surface area contributed by atoms with Crippen molar-refractivity contribution in [1.82, 2.24) is 10.3 Å². The van der Waals surface area contributed by atoms with E-state index in [1.165, 1.54) is 11.0 Å². The highest BCUT2D eigenvalue weighted by Crippen LogP contribution is 2.27. The number of halogens is 1. The molecule has 26 heavy (non-hydrogen) atoms. The molecule has 1 fully saturated rings. The van der Waals surface area contributed by atoms with E-state index in [4.69, 9.17) is 0 Å². The fraction of sp³-hybridized carbons (Fsp3) is 0.316. The SMILES string of the molecule is CN(C)c1cc(CNC(=O)C2CC(=O)N(c3ccccc3F)C2)ccn1. The van der Waals surface area contributed by atoms with Gasteiger partial charge in [-0.1, -0.05) is 12.1 Å². The van der Waals surface area contributed by atoms with Gasteiger partial charge in [-0.2, -0.15) is 0 Å². The van der Waals surface area contributed by atoms with E-state index < -0.39 is 11.7 Å². The minimum Gasteiger partial charge on any atom is -0.363 e. The number of rotatable bonds is 5. The van der Waals surface area contributed by atoms with Gasteiger partial charge in [-0.15, -0.1) is 0 Å². The van der Waals surface area contributed by atoms with Crippen molar-refractivity contribution in [1.29, 1.82) is 0 Å². The molecular weight excluding hydrogens is 335 g/mol. The Bertz CT molecular complexity index is 825. The van der Waals surface area contributed by atoms with Crippen molar-refractivity contribution in [3.63, 3.8) is 0 Å². The fourth-order valence-electron chi connectivity index (χ4n) is 2.94. The van der Waals surface area contributed by atoms with Gasteiger partial charge >= 0.3 is 0 Å². The van der Waals surface area contributed by atoms with Crippen LogP contribution in [0.15, 0.2) is 42.6 Å². The van der Waals surface area contributed by atoms with Crippen molar-refractivity contribution in [3.05, 3.63) is 54.0 Å². The van der Waals surface area contributed by atoms with E-state index in [1.807, 2.05) is 31.1 Å². The molecule has 0 aliphatic carbocycles. The molecule has 1 atom stereocenters. The summed E-state index contributed by atoms with van der Waals surface area (Å²) < 4.78 is 13.9. The third-order valence-corrected chi connectivity index (χ3v) is 4.37. The molecule has 1 aromatic carbocycles. The van der Waals surface area contributed by atoms with Gasteiger partial charge in [0.05, 0.1) is 11.6 Å². The van der Waals surface area contributed by atoms with Crippen LogP contribution in [0.1, 0.15) is 12.0 Å². The lowest BCUT2D eigenvalue weighted by Gasteiger charge is -2.17. The number of nitrogens with zero attached hydrogens (tertiary/aromatic N) is 3. The summed E-state index contributed by atoms with van der Waals surface area (Å²) in [5.74, 6) is -0.597. The third kappa shape index (κ3) is 3.82. The van der Waals surface area contributed by atoms with Crippen LogP contribution in [0, 0.1) is 11.7 Å². The normalized spacial score (nSPS) is 16.7. The molecule has 6 nitrogen and oxygen atoms in total. The fourth-order valence-corrected chi connectivity index (χ4v) is 2.94. The Labute approximate surface area is 151 Å². The third-order valence-electron chi connectivity index (χ3n) is 4.37. The van der Waals surface area contributed by atoms with E-state index in [1.54, 1.807) is 24.4 Å². The molecular formula is C19H21FN4O2. The predicted molar refractivity (Wildman–Crippen MR) is 97.3 cm³/mol. The smallest absolute Gasteiger partial charge is 0.227 e. The van der Waals surface area contributed by atoms with E-state index >= 15 is 0 Å². The number of hydrogen-bond donors (Lipinski definition) is 1. The molecule has 0 spiro atoms. The predicted octanol–water partition coefficient (Wildman–Crippen LogP) is 1.96. The lowest BCUT2D eigenvalue weighted by Crippen LogP contribution is -2.32. The Morgan fingerprint density at radius 2 is 2.12 bits per heavy atom. The van der Waals surface area contributed by atoms with Gasteiger partial charge in [-0.05, 0) is 29.8 Å². The van der Waals surface area contributed by atoms with Gasteiger partial charge < -0.3 is 15.1 Å². The summed E-state index contributed by atoms with van der Waals surface area (Å²) >= 11 is 0. The molecule has 1 aromatic heterocycles. The number of carbonyl (C=O) groups excluding carboxylic acids is 2. The second-order valence-corrected chi connectivity index (χ2v) is 6.49. The van der Waals surface area contributed by atoms with E-state index in [9.17, 15) is 14.0 Å². The number of para-hydroxylation sites is 1. The minimum absolute atomic E-state index is 0.0828. The molecule has 2 aromatic rings. The highest BCUT2D eigenvalue weighted by atomic mass is 19.1. The maximum atomic E-state index is 13.9. The van der Waals surface area contributed by atoms with Crippen LogP contribution >= 0.6 is 0 Å². The molecule has 1 aliphatic heterocycles. The van der Waals surface area contributed by atoms with Gasteiger partial charge in [0.15, 0.2) is 0 Å². The second-order valence-electron chi connectivity index (χ2n) is 6.49. The van der Waals surface area contributed by atoms with Gasteiger partial charge in [0.25, 0.3) is 0 Å². The number of pyridine rings is 1. The van der Waals surface area contributed by atoms with Crippen LogP contribution in [0.5, 0.6) is 0 Å². The second kappa shape index (κ2) is 7.51. The van der Waals surface area contributed by atoms with Crippen molar-refractivity contribution in [2.24, 2.45) is 5.92 Å². The molecule has 7 heteroatoms. The first-order valence-electron chi connectivity index (χ1n) is 8.40. The molecule has 1 aliphatic rings. The van der Waals surface area contributed by atoms with Gasteiger partial charge in [0.1, 0.15) is 11.6 Å². The van der Waals surface area contributed by atoms with Crippen molar-refractivity contribution in [3.8, 4) is 0 Å². The molecule has 0 radical (unpaired) electrons. The zero-order chi connectivity index (χ0) is 18.7. The van der Waals surface area contributed by atoms with Crippen molar-refractivity contribution >= 4 is 23.3 Å². The lowest BCUT2D eigenvalue weighted by atomic mass is 10.1. The van der Waals surface area contributed by atoms with Crippen molar-refractivity contribution < 1.29 is 14.0 Å². The average molecular weight is 356 g/mol. The molecule has 3 rings (SSSR count). The Morgan fingerprint density at radius 1 is 1.35 bits per heavy atom. The van der Waals surface area contributed by atoms with Gasteiger partial charge in [0, 0.05) is 39.8 Å². The summed E-state index contributed by atoms with van der Waals surface area (Å²) in [5, 5.41) is 2.86. The van der Waals surface area contributed by atoms with Crippen molar-refractivity contribution in [2.75, 3.05) is 30.4 Å². The molecule has 1 saturated heterocycles. The zero-order valence-corrected chi connectivity index (χ0v) is 14.8. The number of nitrogens with one attached hydrogen (secondary N) is 1. The minimum atomic E-state index is -0.489. The largest absolute Gasteiger partial charge is 0.363 e. The van der Waals surface area contributed by atoms with Crippen LogP contribution in [-0.2, 0) is 16.1 Å². The van der Waals surface area contributed by atoms with Gasteiger partial charge in [-0.3, -0.25) is 9.59 Å². The van der Waals surface area contributed by atoms with Crippen molar-refractivity contribution in [2.45, 2.75) is 13.0 Å². The Morgan fingerprint density at radius 3 is 2.85 bits per heavy atom. The van der Waals surface area contributed by atoms with Gasteiger partial charge in [-0.25, -0.2) is 9.37 Å². The maximum absolute atomic E-state index is 13.9. The van der Waals surface area contributed by atoms with Crippen LogP contribution in [0.25, 0.3) is 0 Å². The molecule has 0 saturated carbocycles. The molecule has 2 heterocycles. The molecule has 0 bridgehead atoms. The number of benzene rings is 1. The highest BCUT2D eigenvalue weighted by Gasteiger charge is 2.35. The van der Waals surface area contributed by atoms with E-state index in [0.29, 0.717) is 6.54 Å². The van der Waals surface area contributed by atoms with Crippen LogP contribution in [0.3, 0.4) is 0 Å². The summed E-state index contributed by atoms with van der Waals surface area (Å²) in [5.41, 5.74) is 1.14. The standard InChI is InChI=1S/C19H21FN4O2/c1-23(2)17-9-13(7-8-21-17)11-22-19(26)14-10-18(25)24(12-14)16-6-4-3-5-15(16)20/h3-9,14H,10-12H2,1-2H3,(H,22,26). The van der Waals surface area contributed by atoms with E-state index in [2.05, 4.69) is 10.3 Å². The summed E-state index contributed by atoms with van der Waals surface area (Å²) in [4.78, 5) is 32.1. The summed E-state index contributed by atoms with van der Waals surface area (Å²) in [7, 11) is 3.79. The number of anilines is 2. The number of aromatic nitrogens is 1. The molecule has 1 N–H and O–H groups in total. The molecule has 1 unspecified atom stereocenters. The number of amides is 2. The molecule has 136 valence electrons. The monoisotopic (exact) mass is 356 g/mol. The molecule has 2 amide bonds. The summed E-state index contributed by atoms with van der Waals surface area (Å²) in [6.07, 6.45) is 1.77. The summed E-state index contributed by atoms with van der Waals surface area (Å²) in [6, 6.07) is 9.82. The van der Waals surface area contributed by atoms with Crippen LogP contribution < -0.4 is 15.1 Å². The quantitative estimate of drug-likeness (QED) is 0.889. The first-order chi connectivity index (χ1) is 12.5. The number of carbonyl (C=O) groups is 2. The van der Waals surface area contributed by atoms with E-state index in [0.717, 1.165) is 11.4 Å². The topological polar surface area (TPSA) is 65.5 Å². The Hall–Kier alpha value is -2.96. The Kier molecular flexibility index (Phi) is 5.16. The average Bonchev–Trinajstić information content (AvgIpc) is 3.02. The van der Waals surface area contributed by atoms with Crippen LogP contribution in [0.4, 0.5) is 15.9 Å². The summed E-state index contributed by atoms with van der Waals surface area (Å²) in [6.45, 7) is 0.539. The van der Waals surface area contributed by atoms with E-state index in [-0.39, 0.29) is 30.5 Å². The maximum Gasteiger partial charge on any atom is 0.227 e. The lowest BCUT2D eigenvalue weighted by molar-refractivity contribution is -0.126. The first kappa shape index (κ1) is 17.8. The first-order valence-corrected chi connectivity index (χ1v) is 8.40. The Balaban J connectivity index is 1.62. The van der Waals surface area contributed by atoms with Crippen LogP contribution in [0.2, 0.25) is 0 Å². The number of hydrogen-bond acceptors (Lipinski definition) is 4. The van der Waals surface area contributed by atoms with Gasteiger partial charge in [0.2, 0.25) is 11.8 Å².